The minimum Gasteiger partial charge on any atom is -0.338 e. The van der Waals surface area contributed by atoms with Crippen molar-refractivity contribution >= 4 is 15.9 Å². The van der Waals surface area contributed by atoms with Crippen LogP contribution in [-0.2, 0) is 16.6 Å². The first-order chi connectivity index (χ1) is 11.4. The molecule has 0 saturated carbocycles. The quantitative estimate of drug-likeness (QED) is 0.805. The van der Waals surface area contributed by atoms with Gasteiger partial charge < -0.3 is 9.47 Å². The van der Waals surface area contributed by atoms with Gasteiger partial charge in [-0.25, -0.2) is 17.7 Å². The number of nitrogens with zero attached hydrogens (tertiary/aromatic N) is 4. The van der Waals surface area contributed by atoms with E-state index in [1.165, 1.54) is 26.2 Å². The molecule has 1 aromatic carbocycles. The Morgan fingerprint density at radius 3 is 2.46 bits per heavy atom. The zero-order chi connectivity index (χ0) is 17.3. The van der Waals surface area contributed by atoms with Crippen LogP contribution in [0.15, 0.2) is 47.9 Å². The minimum absolute atomic E-state index is 0.0642. The molecule has 1 fully saturated rings. The molecule has 24 heavy (non-hydrogen) atoms. The fourth-order valence-electron chi connectivity index (χ4n) is 2.71. The van der Waals surface area contributed by atoms with Crippen LogP contribution >= 0.6 is 0 Å². The lowest BCUT2D eigenvalue weighted by Crippen LogP contribution is -2.51. The van der Waals surface area contributed by atoms with E-state index in [4.69, 9.17) is 0 Å². The maximum Gasteiger partial charge on any atom is 0.253 e. The first kappa shape index (κ1) is 16.7. The van der Waals surface area contributed by atoms with Gasteiger partial charge in [0.25, 0.3) is 5.91 Å². The summed E-state index contributed by atoms with van der Waals surface area (Å²) in [6.45, 7) is 2.26. The summed E-state index contributed by atoms with van der Waals surface area (Å²) in [5, 5.41) is 0. The van der Waals surface area contributed by atoms with Crippen molar-refractivity contribution in [2.75, 3.05) is 27.2 Å². The monoisotopic (exact) mass is 348 g/mol. The third kappa shape index (κ3) is 3.20. The minimum atomic E-state index is -3.47. The fourth-order valence-corrected chi connectivity index (χ4v) is 3.61. The van der Waals surface area contributed by atoms with Crippen LogP contribution in [0, 0.1) is 5.92 Å². The van der Waals surface area contributed by atoms with Gasteiger partial charge in [-0.3, -0.25) is 4.79 Å². The van der Waals surface area contributed by atoms with Crippen LogP contribution in [0.3, 0.4) is 0 Å². The Labute approximate surface area is 141 Å². The number of imidazole rings is 1. The molecular formula is C16H20N4O3S. The van der Waals surface area contributed by atoms with Crippen LogP contribution < -0.4 is 0 Å². The average Bonchev–Trinajstić information content (AvgIpc) is 3.03. The molecule has 0 spiro atoms. The average molecular weight is 348 g/mol. The summed E-state index contributed by atoms with van der Waals surface area (Å²) in [5.41, 5.74) is 0.508. The van der Waals surface area contributed by atoms with Crippen LogP contribution in [0.1, 0.15) is 10.4 Å². The van der Waals surface area contributed by atoms with E-state index >= 15 is 0 Å². The topological polar surface area (TPSA) is 75.5 Å². The zero-order valence-corrected chi connectivity index (χ0v) is 14.5. The maximum atomic E-state index is 12.4. The molecule has 0 atom stereocenters. The normalized spacial score (nSPS) is 15.5. The number of sulfonamides is 1. The highest BCUT2D eigenvalue weighted by atomic mass is 32.2. The van der Waals surface area contributed by atoms with Gasteiger partial charge in [0.05, 0.1) is 11.2 Å². The first-order valence-corrected chi connectivity index (χ1v) is 9.09. The van der Waals surface area contributed by atoms with Crippen molar-refractivity contribution < 1.29 is 13.2 Å². The summed E-state index contributed by atoms with van der Waals surface area (Å²) in [7, 11) is -0.507. The number of hydrogen-bond donors (Lipinski definition) is 0. The lowest BCUT2D eigenvalue weighted by molar-refractivity contribution is 0.0468. The van der Waals surface area contributed by atoms with Crippen molar-refractivity contribution in [2.45, 2.75) is 11.4 Å². The Kier molecular flexibility index (Phi) is 4.42. The first-order valence-electron chi connectivity index (χ1n) is 7.65. The number of benzene rings is 1. The number of amides is 1. The van der Waals surface area contributed by atoms with Gasteiger partial charge in [0.2, 0.25) is 10.0 Å². The molecule has 1 aromatic heterocycles. The smallest absolute Gasteiger partial charge is 0.253 e. The fraction of sp³-hybridized carbons (Fsp3) is 0.375. The Morgan fingerprint density at radius 1 is 1.25 bits per heavy atom. The molecule has 0 radical (unpaired) electrons. The predicted octanol–water partition coefficient (Wildman–Crippen LogP) is 0.906. The SMILES string of the molecule is CN(C)S(=O)(=O)c1ccc(C(=O)N2CC(Cn3ccnc3)C2)cc1. The maximum absolute atomic E-state index is 12.4. The van der Waals surface area contributed by atoms with E-state index in [9.17, 15) is 13.2 Å². The number of carbonyl (C=O) groups is 1. The molecule has 8 heteroatoms. The molecule has 2 heterocycles. The Bertz CT molecular complexity index is 808. The van der Waals surface area contributed by atoms with Crippen LogP contribution in [0.4, 0.5) is 0 Å². The summed E-state index contributed by atoms with van der Waals surface area (Å²) >= 11 is 0. The molecule has 1 saturated heterocycles. The molecule has 0 aliphatic carbocycles. The molecular weight excluding hydrogens is 328 g/mol. The van der Waals surface area contributed by atoms with Gasteiger partial charge in [0.15, 0.2) is 0 Å². The van der Waals surface area contributed by atoms with Gasteiger partial charge >= 0.3 is 0 Å². The largest absolute Gasteiger partial charge is 0.338 e. The second-order valence-corrected chi connectivity index (χ2v) is 8.30. The molecule has 7 nitrogen and oxygen atoms in total. The van der Waals surface area contributed by atoms with E-state index in [0.717, 1.165) is 10.8 Å². The number of likely N-dealkylation sites (tertiary alicyclic amines) is 1. The summed E-state index contributed by atoms with van der Waals surface area (Å²) in [5.74, 6) is 0.363. The van der Waals surface area contributed by atoms with Gasteiger partial charge in [0.1, 0.15) is 0 Å². The van der Waals surface area contributed by atoms with E-state index in [1.54, 1.807) is 29.6 Å². The Balaban J connectivity index is 1.61. The molecule has 0 N–H and O–H groups in total. The van der Waals surface area contributed by atoms with Crippen molar-refractivity contribution in [3.8, 4) is 0 Å². The highest BCUT2D eigenvalue weighted by Crippen LogP contribution is 2.21. The second kappa shape index (κ2) is 6.37. The summed E-state index contributed by atoms with van der Waals surface area (Å²) in [6, 6.07) is 6.10. The standard InChI is InChI=1S/C16H20N4O3S/c1-18(2)24(22,23)15-5-3-14(4-6-15)16(21)20-10-13(11-20)9-19-8-7-17-12-19/h3-8,12-13H,9-11H2,1-2H3. The predicted molar refractivity (Wildman–Crippen MR) is 88.9 cm³/mol. The third-order valence-electron chi connectivity index (χ3n) is 4.15. The van der Waals surface area contributed by atoms with Crippen LogP contribution in [0.2, 0.25) is 0 Å². The lowest BCUT2D eigenvalue weighted by atomic mass is 9.99. The molecule has 128 valence electrons. The van der Waals surface area contributed by atoms with Crippen LogP contribution in [-0.4, -0.2) is 60.3 Å². The Morgan fingerprint density at radius 2 is 1.92 bits per heavy atom. The second-order valence-electron chi connectivity index (χ2n) is 6.15. The van der Waals surface area contributed by atoms with Gasteiger partial charge in [-0.2, -0.15) is 0 Å². The summed E-state index contributed by atoms with van der Waals surface area (Å²) in [6.07, 6.45) is 5.42. The number of hydrogen-bond acceptors (Lipinski definition) is 4. The van der Waals surface area contributed by atoms with E-state index in [1.807, 2.05) is 10.8 Å². The van der Waals surface area contributed by atoms with E-state index in [2.05, 4.69) is 4.98 Å². The Hall–Kier alpha value is -2.19. The zero-order valence-electron chi connectivity index (χ0n) is 13.7. The molecule has 3 rings (SSSR count). The highest BCUT2D eigenvalue weighted by Gasteiger charge is 2.31. The number of carbonyl (C=O) groups excluding carboxylic acids is 1. The van der Waals surface area contributed by atoms with Crippen molar-refractivity contribution in [2.24, 2.45) is 5.92 Å². The van der Waals surface area contributed by atoms with Gasteiger partial charge in [-0.1, -0.05) is 0 Å². The van der Waals surface area contributed by atoms with Gasteiger partial charge in [0, 0.05) is 57.6 Å². The van der Waals surface area contributed by atoms with Crippen LogP contribution in [0.25, 0.3) is 0 Å². The summed E-state index contributed by atoms with van der Waals surface area (Å²) in [4.78, 5) is 18.4. The van der Waals surface area contributed by atoms with Crippen molar-refractivity contribution in [3.05, 3.63) is 48.5 Å². The molecule has 0 unspecified atom stereocenters. The molecule has 2 aromatic rings. The van der Waals surface area contributed by atoms with E-state index in [0.29, 0.717) is 24.6 Å². The van der Waals surface area contributed by atoms with Crippen LogP contribution in [0.5, 0.6) is 0 Å². The van der Waals surface area contributed by atoms with Crippen molar-refractivity contribution in [3.63, 3.8) is 0 Å². The van der Waals surface area contributed by atoms with E-state index in [-0.39, 0.29) is 10.8 Å². The molecule has 1 amide bonds. The highest BCUT2D eigenvalue weighted by molar-refractivity contribution is 7.89. The third-order valence-corrected chi connectivity index (χ3v) is 5.98. The van der Waals surface area contributed by atoms with E-state index < -0.39 is 10.0 Å². The molecule has 1 aliphatic heterocycles. The van der Waals surface area contributed by atoms with Crippen molar-refractivity contribution in [1.29, 1.82) is 0 Å². The lowest BCUT2D eigenvalue weighted by Gasteiger charge is -2.39. The number of aromatic nitrogens is 2. The summed E-state index contributed by atoms with van der Waals surface area (Å²) < 4.78 is 27.2. The van der Waals surface area contributed by atoms with Gasteiger partial charge in [-0.15, -0.1) is 0 Å². The molecule has 1 aliphatic rings. The number of rotatable bonds is 5. The van der Waals surface area contributed by atoms with Crippen molar-refractivity contribution in [1.82, 2.24) is 18.8 Å². The molecule has 0 bridgehead atoms. The van der Waals surface area contributed by atoms with Gasteiger partial charge in [-0.05, 0) is 24.3 Å².